The number of benzene rings is 3. The molecule has 2 aliphatic rings. The lowest BCUT2D eigenvalue weighted by Crippen LogP contribution is -2.44. The van der Waals surface area contributed by atoms with E-state index in [9.17, 15) is 19.8 Å². The van der Waals surface area contributed by atoms with E-state index in [4.69, 9.17) is 0 Å². The minimum atomic E-state index is -1.74. The number of aryl methyl sites for hydroxylation is 1. The Morgan fingerprint density at radius 2 is 1.89 bits per heavy atom. The van der Waals surface area contributed by atoms with Crippen LogP contribution in [0, 0.1) is 5.92 Å². The van der Waals surface area contributed by atoms with E-state index in [1.165, 1.54) is 0 Å². The van der Waals surface area contributed by atoms with Gasteiger partial charge < -0.3 is 20.0 Å². The van der Waals surface area contributed by atoms with E-state index in [1.807, 2.05) is 98.1 Å². The maximum Gasteiger partial charge on any atom is 0.264 e. The number of hydrogen-bond acceptors (Lipinski definition) is 6. The molecule has 3 heterocycles. The molecule has 0 saturated carbocycles. The Hall–Kier alpha value is -4.12. The number of nitrogens with zero attached hydrogens (tertiary/aromatic N) is 5. The van der Waals surface area contributed by atoms with Crippen molar-refractivity contribution in [3.8, 4) is 0 Å². The molecular weight excluding hydrogens is 622 g/mol. The zero-order valence-corrected chi connectivity index (χ0v) is 26.0. The second-order valence-corrected chi connectivity index (χ2v) is 12.3. The monoisotopic (exact) mass is 655 g/mol. The number of β-lactam (4-membered cyclic amide) rings is 1. The molecule has 2 amide bonds. The molecule has 0 bridgehead atoms. The van der Waals surface area contributed by atoms with Gasteiger partial charge in [0.2, 0.25) is 5.91 Å². The summed E-state index contributed by atoms with van der Waals surface area (Å²) in [6, 6.07) is 22.9. The maximum atomic E-state index is 14.0. The fourth-order valence-electron chi connectivity index (χ4n) is 5.95. The molecule has 10 heteroatoms. The molecule has 9 nitrogen and oxygen atoms in total. The average molecular weight is 657 g/mol. The molecule has 1 saturated heterocycles. The Morgan fingerprint density at radius 1 is 1.07 bits per heavy atom. The number of carbonyl (C=O) groups excluding carboxylic acids is 2. The van der Waals surface area contributed by atoms with Crippen molar-refractivity contribution >= 4 is 39.1 Å². The Bertz CT molecular complexity index is 1710. The second-order valence-electron chi connectivity index (χ2n) is 11.3. The van der Waals surface area contributed by atoms with Crippen LogP contribution in [0.5, 0.6) is 0 Å². The molecular formula is C34H34BrN5O4. The van der Waals surface area contributed by atoms with Crippen molar-refractivity contribution < 1.29 is 19.8 Å². The van der Waals surface area contributed by atoms with E-state index < -0.39 is 11.5 Å². The van der Waals surface area contributed by atoms with E-state index in [0.29, 0.717) is 42.9 Å². The van der Waals surface area contributed by atoms with E-state index in [0.717, 1.165) is 21.3 Å². The third-order valence-electron chi connectivity index (χ3n) is 8.55. The molecule has 4 aromatic rings. The van der Waals surface area contributed by atoms with Crippen molar-refractivity contribution in [2.75, 3.05) is 23.0 Å². The van der Waals surface area contributed by atoms with Crippen LogP contribution in [0.2, 0.25) is 0 Å². The van der Waals surface area contributed by atoms with Gasteiger partial charge in [-0.05, 0) is 47.9 Å². The maximum absolute atomic E-state index is 14.0. The van der Waals surface area contributed by atoms with Gasteiger partial charge in [0.15, 0.2) is 5.60 Å². The Balaban J connectivity index is 1.15. The number of hydrogen-bond donors (Lipinski definition) is 2. The third-order valence-corrected chi connectivity index (χ3v) is 9.04. The average Bonchev–Trinajstić information content (AvgIpc) is 3.57. The van der Waals surface area contributed by atoms with Crippen LogP contribution in [0.1, 0.15) is 48.1 Å². The SMILES string of the molecule is C[C@H](/C=C/CCn1cc(C(CO)c2ccccc2)nn1)[C@@]1(O)C(=O)N(Cc2cccc(N3CCC3=O)c2)c2ccc(Br)cc21. The highest BCUT2D eigenvalue weighted by molar-refractivity contribution is 9.10. The molecule has 1 unspecified atom stereocenters. The van der Waals surface area contributed by atoms with Crippen LogP contribution in [0.15, 0.2) is 95.6 Å². The first-order valence-corrected chi connectivity index (χ1v) is 15.5. The fraction of sp³-hybridized carbons (Fsp3) is 0.294. The van der Waals surface area contributed by atoms with Crippen LogP contribution < -0.4 is 9.80 Å². The minimum absolute atomic E-state index is 0.0646. The van der Waals surface area contributed by atoms with Gasteiger partial charge in [0.25, 0.3) is 5.91 Å². The minimum Gasteiger partial charge on any atom is -0.395 e. The van der Waals surface area contributed by atoms with Crippen molar-refractivity contribution in [3.05, 3.63) is 118 Å². The lowest BCUT2D eigenvalue weighted by atomic mass is 9.83. The lowest BCUT2D eigenvalue weighted by molar-refractivity contribution is -0.139. The first-order valence-electron chi connectivity index (χ1n) is 14.8. The first kappa shape index (κ1) is 29.9. The summed E-state index contributed by atoms with van der Waals surface area (Å²) in [6.07, 6.45) is 6.83. The van der Waals surface area contributed by atoms with E-state index in [2.05, 4.69) is 26.2 Å². The van der Waals surface area contributed by atoms with Crippen LogP contribution in [0.25, 0.3) is 0 Å². The zero-order chi connectivity index (χ0) is 30.8. The number of aromatic nitrogens is 3. The van der Waals surface area contributed by atoms with Gasteiger partial charge in [0.1, 0.15) is 0 Å². The van der Waals surface area contributed by atoms with Crippen LogP contribution in [0.3, 0.4) is 0 Å². The van der Waals surface area contributed by atoms with Crippen LogP contribution in [-0.2, 0) is 28.3 Å². The highest BCUT2D eigenvalue weighted by atomic mass is 79.9. The van der Waals surface area contributed by atoms with Crippen LogP contribution in [-0.4, -0.2) is 50.2 Å². The van der Waals surface area contributed by atoms with Crippen LogP contribution >= 0.6 is 15.9 Å². The number of aliphatic hydroxyl groups is 2. The van der Waals surface area contributed by atoms with Gasteiger partial charge in [-0.2, -0.15) is 0 Å². The predicted molar refractivity (Wildman–Crippen MR) is 171 cm³/mol. The standard InChI is InChI=1S/C34H34BrN5O4/c1-23(8-5-6-16-38-21-30(36-37-38)28(22-41)25-10-3-2-4-11-25)34(44)29-19-26(35)13-14-31(29)40(33(34)43)20-24-9-7-12-27(18-24)39-17-15-32(39)42/h2-5,7-14,18-19,21,23,28,41,44H,6,15-17,20,22H2,1H3/b8-5+/t23-,28?,34+/m1/s1. The summed E-state index contributed by atoms with van der Waals surface area (Å²) in [5.41, 5.74) is 2.85. The lowest BCUT2D eigenvalue weighted by Gasteiger charge is -2.31. The molecule has 0 spiro atoms. The van der Waals surface area contributed by atoms with Gasteiger partial charge in [-0.3, -0.25) is 14.3 Å². The summed E-state index contributed by atoms with van der Waals surface area (Å²) in [5.74, 6) is -1.05. The molecule has 6 rings (SSSR count). The van der Waals surface area contributed by atoms with Crippen molar-refractivity contribution in [2.45, 2.75) is 44.4 Å². The highest BCUT2D eigenvalue weighted by Crippen LogP contribution is 2.47. The molecule has 0 radical (unpaired) electrons. The number of anilines is 2. The van der Waals surface area contributed by atoms with Crippen LogP contribution in [0.4, 0.5) is 11.4 Å². The van der Waals surface area contributed by atoms with Crippen molar-refractivity contribution in [1.29, 1.82) is 0 Å². The van der Waals surface area contributed by atoms with Gasteiger partial charge in [-0.1, -0.05) is 82.7 Å². The molecule has 3 aromatic carbocycles. The molecule has 1 fully saturated rings. The molecule has 2 aliphatic heterocycles. The Morgan fingerprint density at radius 3 is 2.61 bits per heavy atom. The van der Waals surface area contributed by atoms with Gasteiger partial charge in [0, 0.05) is 47.3 Å². The van der Waals surface area contributed by atoms with Gasteiger partial charge >= 0.3 is 0 Å². The summed E-state index contributed by atoms with van der Waals surface area (Å²) < 4.78 is 2.51. The number of halogens is 1. The highest BCUT2D eigenvalue weighted by Gasteiger charge is 2.52. The summed E-state index contributed by atoms with van der Waals surface area (Å²) in [6.45, 7) is 3.30. The van der Waals surface area contributed by atoms with Crippen molar-refractivity contribution in [1.82, 2.24) is 15.0 Å². The molecule has 3 atom stereocenters. The normalized spacial score (nSPS) is 19.4. The number of aliphatic hydroxyl groups excluding tert-OH is 1. The first-order chi connectivity index (χ1) is 21.3. The summed E-state index contributed by atoms with van der Waals surface area (Å²) in [5, 5.41) is 30.5. The smallest absolute Gasteiger partial charge is 0.264 e. The molecule has 226 valence electrons. The fourth-order valence-corrected chi connectivity index (χ4v) is 6.31. The zero-order valence-electron chi connectivity index (χ0n) is 24.4. The topological polar surface area (TPSA) is 112 Å². The largest absolute Gasteiger partial charge is 0.395 e. The number of amides is 2. The van der Waals surface area contributed by atoms with Gasteiger partial charge in [-0.15, -0.1) is 5.10 Å². The Labute approximate surface area is 264 Å². The number of allylic oxidation sites excluding steroid dienone is 1. The summed E-state index contributed by atoms with van der Waals surface area (Å²) in [4.78, 5) is 29.3. The van der Waals surface area contributed by atoms with Gasteiger partial charge in [0.05, 0.1) is 30.5 Å². The summed E-state index contributed by atoms with van der Waals surface area (Å²) in [7, 11) is 0. The summed E-state index contributed by atoms with van der Waals surface area (Å²) >= 11 is 3.51. The van der Waals surface area contributed by atoms with Crippen molar-refractivity contribution in [3.63, 3.8) is 0 Å². The number of rotatable bonds is 11. The molecule has 44 heavy (non-hydrogen) atoms. The second kappa shape index (κ2) is 12.5. The van der Waals surface area contributed by atoms with Crippen molar-refractivity contribution in [2.24, 2.45) is 5.92 Å². The van der Waals surface area contributed by atoms with Gasteiger partial charge in [-0.25, -0.2) is 0 Å². The molecule has 2 N–H and O–H groups in total. The number of carbonyl (C=O) groups is 2. The molecule has 1 aromatic heterocycles. The van der Waals surface area contributed by atoms with E-state index in [-0.39, 0.29) is 30.9 Å². The predicted octanol–water partition coefficient (Wildman–Crippen LogP) is 4.92. The molecule has 0 aliphatic carbocycles. The van der Waals surface area contributed by atoms with E-state index >= 15 is 0 Å². The quantitative estimate of drug-likeness (QED) is 0.175. The Kier molecular flexibility index (Phi) is 8.48. The number of fused-ring (bicyclic) bond motifs is 1. The third kappa shape index (κ3) is 5.60. The van der Waals surface area contributed by atoms with E-state index in [1.54, 1.807) is 14.5 Å².